The number of halogens is 3. The lowest BCUT2D eigenvalue weighted by Gasteiger charge is -2.36. The fourth-order valence-electron chi connectivity index (χ4n) is 3.08. The summed E-state index contributed by atoms with van der Waals surface area (Å²) in [4.78, 5) is 15.7. The van der Waals surface area contributed by atoms with Gasteiger partial charge in [-0.3, -0.25) is 9.69 Å². The number of ketones is 1. The number of piperazine rings is 1. The van der Waals surface area contributed by atoms with E-state index in [2.05, 4.69) is 11.0 Å². The minimum Gasteiger partial charge on any atom is -0.399 e. The van der Waals surface area contributed by atoms with Crippen molar-refractivity contribution < 1.29 is 9.18 Å². The van der Waals surface area contributed by atoms with E-state index in [4.69, 9.17) is 5.73 Å². The molecule has 26 heavy (non-hydrogen) atoms. The van der Waals surface area contributed by atoms with Crippen LogP contribution in [0, 0.1) is 5.82 Å². The van der Waals surface area contributed by atoms with E-state index in [-0.39, 0.29) is 36.4 Å². The fourth-order valence-corrected chi connectivity index (χ4v) is 3.08. The second kappa shape index (κ2) is 9.76. The highest BCUT2D eigenvalue weighted by atomic mass is 35.5. The zero-order valence-corrected chi connectivity index (χ0v) is 16.3. The summed E-state index contributed by atoms with van der Waals surface area (Å²) in [6.07, 6.45) is 0. The number of nitrogens with two attached hydrogens (primary N) is 1. The molecule has 0 aliphatic carbocycles. The Morgan fingerprint density at radius 2 is 1.77 bits per heavy atom. The largest absolute Gasteiger partial charge is 0.399 e. The number of carbonyl (C=O) groups is 1. The molecule has 1 aliphatic rings. The van der Waals surface area contributed by atoms with Gasteiger partial charge in [-0.1, -0.05) is 12.1 Å². The van der Waals surface area contributed by atoms with Crippen molar-refractivity contribution in [3.63, 3.8) is 0 Å². The topological polar surface area (TPSA) is 49.6 Å². The van der Waals surface area contributed by atoms with Gasteiger partial charge in [0.05, 0.1) is 5.69 Å². The zero-order chi connectivity index (χ0) is 17.1. The number of anilines is 2. The van der Waals surface area contributed by atoms with Gasteiger partial charge in [0, 0.05) is 44.0 Å². The molecule has 2 N–H and O–H groups in total. The second-order valence-electron chi connectivity index (χ2n) is 6.23. The van der Waals surface area contributed by atoms with Crippen LogP contribution >= 0.6 is 24.8 Å². The summed E-state index contributed by atoms with van der Waals surface area (Å²) in [5, 5.41) is 0. The van der Waals surface area contributed by atoms with Crippen LogP contribution in [0.15, 0.2) is 42.5 Å². The minimum atomic E-state index is -0.327. The number of benzene rings is 2. The van der Waals surface area contributed by atoms with Crippen molar-refractivity contribution >= 4 is 42.0 Å². The van der Waals surface area contributed by atoms with E-state index in [1.54, 1.807) is 12.1 Å². The number of hydrogen-bond donors (Lipinski definition) is 1. The van der Waals surface area contributed by atoms with Crippen molar-refractivity contribution in [2.24, 2.45) is 0 Å². The van der Waals surface area contributed by atoms with Crippen LogP contribution in [-0.2, 0) is 6.54 Å². The maximum Gasteiger partial charge on any atom is 0.159 e. The number of rotatable bonds is 4. The Labute approximate surface area is 166 Å². The summed E-state index contributed by atoms with van der Waals surface area (Å²) in [6.45, 7) is 5.55. The quantitative estimate of drug-likeness (QED) is 0.627. The highest BCUT2D eigenvalue weighted by Gasteiger charge is 2.20. The van der Waals surface area contributed by atoms with E-state index < -0.39 is 0 Å². The molecule has 0 amide bonds. The Morgan fingerprint density at radius 1 is 1.08 bits per heavy atom. The molecule has 0 atom stereocenters. The summed E-state index contributed by atoms with van der Waals surface area (Å²) in [6, 6.07) is 12.6. The van der Waals surface area contributed by atoms with Gasteiger partial charge in [-0.05, 0) is 42.8 Å². The van der Waals surface area contributed by atoms with Crippen molar-refractivity contribution in [3.05, 3.63) is 59.4 Å². The predicted molar refractivity (Wildman–Crippen MR) is 109 cm³/mol. The van der Waals surface area contributed by atoms with Crippen LogP contribution in [-0.4, -0.2) is 36.9 Å². The predicted octanol–water partition coefficient (Wildman–Crippen LogP) is 3.78. The first kappa shape index (κ1) is 22.2. The number of hydrogen-bond acceptors (Lipinski definition) is 4. The average molecular weight is 400 g/mol. The van der Waals surface area contributed by atoms with Gasteiger partial charge in [-0.2, -0.15) is 0 Å². The van der Waals surface area contributed by atoms with Crippen LogP contribution < -0.4 is 10.6 Å². The molecule has 3 rings (SSSR count). The normalized spacial score (nSPS) is 14.3. The molecule has 0 spiro atoms. The molecule has 2 aromatic rings. The summed E-state index contributed by atoms with van der Waals surface area (Å²) < 4.78 is 14.3. The first-order valence-electron chi connectivity index (χ1n) is 8.15. The number of Topliss-reactive ketones (excluding diaryl/α,β-unsaturated/α-hetero) is 1. The molecule has 0 radical (unpaired) electrons. The molecule has 4 nitrogen and oxygen atoms in total. The second-order valence-corrected chi connectivity index (χ2v) is 6.23. The molecule has 7 heteroatoms. The Bertz CT molecular complexity index is 749. The lowest BCUT2D eigenvalue weighted by molar-refractivity contribution is 0.101. The van der Waals surface area contributed by atoms with Crippen LogP contribution in [0.5, 0.6) is 0 Å². The van der Waals surface area contributed by atoms with E-state index >= 15 is 0 Å². The SMILES string of the molecule is CC(=O)c1ccc(N2CCN(Cc3cccc(N)c3)CC2)c(F)c1.Cl.Cl. The fraction of sp³-hybridized carbons (Fsp3) is 0.316. The van der Waals surface area contributed by atoms with Gasteiger partial charge in [0.25, 0.3) is 0 Å². The van der Waals surface area contributed by atoms with Crippen molar-refractivity contribution in [3.8, 4) is 0 Å². The highest BCUT2D eigenvalue weighted by Crippen LogP contribution is 2.23. The third-order valence-electron chi connectivity index (χ3n) is 4.42. The van der Waals surface area contributed by atoms with E-state index in [1.807, 2.05) is 23.1 Å². The molecule has 1 fully saturated rings. The molecule has 1 saturated heterocycles. The molecular weight excluding hydrogens is 376 g/mol. The third kappa shape index (κ3) is 5.34. The first-order valence-corrected chi connectivity index (χ1v) is 8.15. The highest BCUT2D eigenvalue weighted by molar-refractivity contribution is 5.94. The van der Waals surface area contributed by atoms with Crippen molar-refractivity contribution in [1.29, 1.82) is 0 Å². The summed E-state index contributed by atoms with van der Waals surface area (Å²) in [7, 11) is 0. The first-order chi connectivity index (χ1) is 11.5. The average Bonchev–Trinajstić information content (AvgIpc) is 2.55. The van der Waals surface area contributed by atoms with Gasteiger partial charge in [0.15, 0.2) is 5.78 Å². The number of nitrogen functional groups attached to an aromatic ring is 1. The van der Waals surface area contributed by atoms with Gasteiger partial charge in [-0.25, -0.2) is 4.39 Å². The molecule has 1 aliphatic heterocycles. The Hall–Kier alpha value is -1.82. The van der Waals surface area contributed by atoms with Crippen molar-refractivity contribution in [2.75, 3.05) is 36.8 Å². The van der Waals surface area contributed by atoms with Gasteiger partial charge < -0.3 is 10.6 Å². The van der Waals surface area contributed by atoms with Crippen LogP contribution in [0.1, 0.15) is 22.8 Å². The number of carbonyl (C=O) groups excluding carboxylic acids is 1. The van der Waals surface area contributed by atoms with Crippen LogP contribution in [0.25, 0.3) is 0 Å². The van der Waals surface area contributed by atoms with E-state index in [9.17, 15) is 9.18 Å². The summed E-state index contributed by atoms with van der Waals surface area (Å²) >= 11 is 0. The van der Waals surface area contributed by atoms with E-state index in [1.165, 1.54) is 18.6 Å². The van der Waals surface area contributed by atoms with E-state index in [0.29, 0.717) is 11.3 Å². The van der Waals surface area contributed by atoms with Crippen LogP contribution in [0.4, 0.5) is 15.8 Å². The summed E-state index contributed by atoms with van der Waals surface area (Å²) in [5.74, 6) is -0.445. The Balaban J connectivity index is 0.00000169. The van der Waals surface area contributed by atoms with Crippen molar-refractivity contribution in [2.45, 2.75) is 13.5 Å². The number of nitrogens with zero attached hydrogens (tertiary/aromatic N) is 2. The standard InChI is InChI=1S/C19H22FN3O.2ClH/c1-14(24)16-5-6-19(18(20)12-16)23-9-7-22(8-10-23)13-15-3-2-4-17(21)11-15;;/h2-6,11-12H,7-10,13,21H2,1H3;2*1H. The summed E-state index contributed by atoms with van der Waals surface area (Å²) in [5.41, 5.74) is 8.78. The maximum atomic E-state index is 14.3. The Morgan fingerprint density at radius 3 is 2.35 bits per heavy atom. The molecule has 0 saturated carbocycles. The van der Waals surface area contributed by atoms with E-state index in [0.717, 1.165) is 38.4 Å². The molecule has 0 bridgehead atoms. The maximum absolute atomic E-state index is 14.3. The van der Waals surface area contributed by atoms with Gasteiger partial charge in [0.1, 0.15) is 5.82 Å². The Kier molecular flexibility index (Phi) is 8.34. The third-order valence-corrected chi connectivity index (χ3v) is 4.42. The zero-order valence-electron chi connectivity index (χ0n) is 14.7. The molecule has 0 aromatic heterocycles. The molecule has 0 unspecified atom stereocenters. The monoisotopic (exact) mass is 399 g/mol. The molecule has 142 valence electrons. The van der Waals surface area contributed by atoms with Crippen LogP contribution in [0.2, 0.25) is 0 Å². The molecule has 1 heterocycles. The smallest absolute Gasteiger partial charge is 0.159 e. The minimum absolute atomic E-state index is 0. The molecule has 2 aromatic carbocycles. The lowest BCUT2D eigenvalue weighted by Crippen LogP contribution is -2.46. The van der Waals surface area contributed by atoms with Gasteiger partial charge in [0.2, 0.25) is 0 Å². The van der Waals surface area contributed by atoms with Crippen LogP contribution in [0.3, 0.4) is 0 Å². The van der Waals surface area contributed by atoms with Gasteiger partial charge >= 0.3 is 0 Å². The molecular formula is C19H24Cl2FN3O. The lowest BCUT2D eigenvalue weighted by atomic mass is 10.1. The van der Waals surface area contributed by atoms with Crippen molar-refractivity contribution in [1.82, 2.24) is 4.90 Å². The van der Waals surface area contributed by atoms with Gasteiger partial charge in [-0.15, -0.1) is 24.8 Å².